The van der Waals surface area contributed by atoms with Crippen LogP contribution in [0.1, 0.15) is 18.4 Å². The van der Waals surface area contributed by atoms with Gasteiger partial charge in [-0.05, 0) is 12.8 Å². The van der Waals surface area contributed by atoms with E-state index in [1.54, 1.807) is 0 Å². The average molecular weight is 267 g/mol. The summed E-state index contributed by atoms with van der Waals surface area (Å²) >= 11 is 1.98. The molecule has 0 amide bonds. The molecule has 3 heteroatoms. The van der Waals surface area contributed by atoms with Gasteiger partial charge in [0.15, 0.2) is 0 Å². The number of ether oxygens (including phenoxy) is 1. The van der Waals surface area contributed by atoms with Gasteiger partial charge in [0.25, 0.3) is 0 Å². The number of benzene rings is 1. The monoisotopic (exact) mass is 266 g/mol. The molecule has 0 N–H and O–H groups in total. The second-order valence-corrected chi connectivity index (χ2v) is 3.56. The maximum atomic E-state index is 4.94. The molecule has 1 heterocycles. The Labute approximate surface area is 109 Å². The van der Waals surface area contributed by atoms with Crippen molar-refractivity contribution >= 4 is 21.7 Å². The van der Waals surface area contributed by atoms with Crippen LogP contribution in [0.4, 0.5) is 0 Å². The molecular formula is C11H15BrMgO. The Morgan fingerprint density at radius 2 is 1.64 bits per heavy atom. The Bertz CT molecular complexity index is 204. The SMILES string of the molecule is C1CCOC1.[Br-].[Mg+][CH2]c1ccccc1. The van der Waals surface area contributed by atoms with Crippen LogP contribution in [0.25, 0.3) is 0 Å². The van der Waals surface area contributed by atoms with Crippen LogP contribution in [0.15, 0.2) is 30.3 Å². The van der Waals surface area contributed by atoms with Gasteiger partial charge in [0, 0.05) is 13.2 Å². The van der Waals surface area contributed by atoms with Crippen LogP contribution >= 0.6 is 0 Å². The Morgan fingerprint density at radius 1 is 1.07 bits per heavy atom. The van der Waals surface area contributed by atoms with Gasteiger partial charge in [0.1, 0.15) is 0 Å². The van der Waals surface area contributed by atoms with E-state index in [1.807, 2.05) is 27.8 Å². The summed E-state index contributed by atoms with van der Waals surface area (Å²) < 4.78 is 6.11. The third-order valence-electron chi connectivity index (χ3n) is 1.96. The van der Waals surface area contributed by atoms with Gasteiger partial charge >= 0.3 is 62.2 Å². The molecule has 0 bridgehead atoms. The third-order valence-corrected chi connectivity index (χ3v) is 2.54. The van der Waals surface area contributed by atoms with Crippen LogP contribution in [-0.2, 0) is 9.29 Å². The molecule has 0 unspecified atom stereocenters. The minimum absolute atomic E-state index is 0. The second kappa shape index (κ2) is 9.96. The van der Waals surface area contributed by atoms with Crippen molar-refractivity contribution in [1.82, 2.24) is 0 Å². The van der Waals surface area contributed by atoms with Crippen LogP contribution in [0.5, 0.6) is 0 Å². The van der Waals surface area contributed by atoms with Crippen molar-refractivity contribution in [3.8, 4) is 0 Å². The molecule has 1 saturated heterocycles. The van der Waals surface area contributed by atoms with E-state index in [2.05, 4.69) is 24.3 Å². The van der Waals surface area contributed by atoms with Gasteiger partial charge < -0.3 is 21.7 Å². The topological polar surface area (TPSA) is 9.23 Å². The molecular weight excluding hydrogens is 252 g/mol. The molecule has 1 fully saturated rings. The van der Waals surface area contributed by atoms with E-state index in [1.165, 1.54) is 23.0 Å². The molecule has 1 aliphatic rings. The second-order valence-electron chi connectivity index (χ2n) is 3.06. The van der Waals surface area contributed by atoms with Crippen LogP contribution in [0, 0.1) is 0 Å². The predicted octanol–water partition coefficient (Wildman–Crippen LogP) is -0.844. The van der Waals surface area contributed by atoms with Gasteiger partial charge in [-0.2, -0.15) is 0 Å². The zero-order valence-corrected chi connectivity index (χ0v) is 11.4. The number of rotatable bonds is 1. The number of hydrogen-bond donors (Lipinski definition) is 0. The Morgan fingerprint density at radius 3 is 1.93 bits per heavy atom. The summed E-state index contributed by atoms with van der Waals surface area (Å²) in [6.45, 7) is 2.00. The summed E-state index contributed by atoms with van der Waals surface area (Å²) in [6, 6.07) is 10.5. The fraction of sp³-hybridized carbons (Fsp3) is 0.455. The van der Waals surface area contributed by atoms with Gasteiger partial charge in [0.2, 0.25) is 0 Å². The first-order valence-corrected chi connectivity index (χ1v) is 5.84. The van der Waals surface area contributed by atoms with E-state index in [-0.39, 0.29) is 17.0 Å². The summed E-state index contributed by atoms with van der Waals surface area (Å²) in [5.41, 5.74) is 1.42. The van der Waals surface area contributed by atoms with Gasteiger partial charge in [-0.1, -0.05) is 0 Å². The van der Waals surface area contributed by atoms with Gasteiger partial charge in [-0.3, -0.25) is 0 Å². The molecule has 0 aliphatic carbocycles. The molecule has 74 valence electrons. The van der Waals surface area contributed by atoms with Crippen molar-refractivity contribution in [3.63, 3.8) is 0 Å². The fourth-order valence-corrected chi connectivity index (χ4v) is 1.49. The zero-order chi connectivity index (χ0) is 9.36. The molecule has 1 nitrogen and oxygen atoms in total. The third kappa shape index (κ3) is 6.82. The zero-order valence-electron chi connectivity index (χ0n) is 8.42. The standard InChI is InChI=1S/C7H7.C4H8O.BrH.Mg/c1-7-5-3-2-4-6-7;1-2-4-5-3-1;;/h2-6H,1H2;1-4H2;1H;/q;;;+1/p-1. The summed E-state index contributed by atoms with van der Waals surface area (Å²) in [5, 5.41) is 0. The molecule has 1 aromatic carbocycles. The van der Waals surface area contributed by atoms with E-state index < -0.39 is 0 Å². The first-order valence-electron chi connectivity index (χ1n) is 4.84. The van der Waals surface area contributed by atoms with Crippen molar-refractivity contribution in [2.45, 2.75) is 17.4 Å². The van der Waals surface area contributed by atoms with Gasteiger partial charge in [0.05, 0.1) is 0 Å². The molecule has 0 spiro atoms. The summed E-state index contributed by atoms with van der Waals surface area (Å²) in [5.74, 6) is 0. The van der Waals surface area contributed by atoms with Crippen molar-refractivity contribution in [2.24, 2.45) is 0 Å². The molecule has 0 aromatic heterocycles. The van der Waals surface area contributed by atoms with E-state index >= 15 is 0 Å². The van der Waals surface area contributed by atoms with E-state index in [9.17, 15) is 0 Å². The predicted molar refractivity (Wildman–Crippen MR) is 56.0 cm³/mol. The normalized spacial score (nSPS) is 13.9. The van der Waals surface area contributed by atoms with Gasteiger partial charge in [-0.15, -0.1) is 0 Å². The van der Waals surface area contributed by atoms with E-state index in [0.717, 1.165) is 13.2 Å². The minimum atomic E-state index is 0. The van der Waals surface area contributed by atoms with Crippen LogP contribution in [0.3, 0.4) is 0 Å². The Balaban J connectivity index is 0.000000246. The Kier molecular flexibility index (Phi) is 10.3. The van der Waals surface area contributed by atoms with Crippen molar-refractivity contribution < 1.29 is 21.7 Å². The van der Waals surface area contributed by atoms with Crippen molar-refractivity contribution in [3.05, 3.63) is 35.9 Å². The van der Waals surface area contributed by atoms with E-state index in [0.29, 0.717) is 0 Å². The van der Waals surface area contributed by atoms with Crippen LogP contribution in [0.2, 0.25) is 0 Å². The molecule has 1 aromatic rings. The summed E-state index contributed by atoms with van der Waals surface area (Å²) in [6.07, 6.45) is 2.56. The first-order chi connectivity index (χ1) is 6.43. The molecule has 1 aliphatic heterocycles. The molecule has 0 radical (unpaired) electrons. The van der Waals surface area contributed by atoms with Crippen molar-refractivity contribution in [2.75, 3.05) is 13.2 Å². The summed E-state index contributed by atoms with van der Waals surface area (Å²) in [4.78, 5) is 0. The average Bonchev–Trinajstić information content (AvgIpc) is 2.77. The fourth-order valence-electron chi connectivity index (χ4n) is 1.15. The Hall–Kier alpha value is 0.426. The molecule has 2 rings (SSSR count). The first kappa shape index (κ1) is 14.4. The van der Waals surface area contributed by atoms with Gasteiger partial charge in [-0.25, -0.2) is 0 Å². The maximum absolute atomic E-state index is 4.94. The van der Waals surface area contributed by atoms with Crippen LogP contribution in [-0.4, -0.2) is 34.9 Å². The van der Waals surface area contributed by atoms with Crippen molar-refractivity contribution in [1.29, 1.82) is 0 Å². The number of hydrogen-bond acceptors (Lipinski definition) is 1. The van der Waals surface area contributed by atoms with Crippen LogP contribution < -0.4 is 17.0 Å². The van der Waals surface area contributed by atoms with E-state index in [4.69, 9.17) is 4.74 Å². The molecule has 0 saturated carbocycles. The summed E-state index contributed by atoms with van der Waals surface area (Å²) in [7, 11) is 0. The molecule has 14 heavy (non-hydrogen) atoms. The number of halogens is 1. The molecule has 0 atom stereocenters. The quantitative estimate of drug-likeness (QED) is 0.603.